The maximum Gasteiger partial charge on any atom is 0.255 e. The summed E-state index contributed by atoms with van der Waals surface area (Å²) in [6.45, 7) is 2.73. The number of nitrogens with one attached hydrogen (secondary N) is 1. The Morgan fingerprint density at radius 1 is 1.19 bits per heavy atom. The lowest BCUT2D eigenvalue weighted by Gasteiger charge is -2.32. The van der Waals surface area contributed by atoms with Crippen LogP contribution < -0.4 is 5.32 Å². The molecule has 3 rings (SSSR count). The smallest absolute Gasteiger partial charge is 0.255 e. The Balaban J connectivity index is 1.59. The second kappa shape index (κ2) is 8.08. The number of pyridine rings is 1. The number of carbonyl (C=O) groups is 2. The molecule has 0 bridgehead atoms. The van der Waals surface area contributed by atoms with Crippen LogP contribution in [0.3, 0.4) is 0 Å². The van der Waals surface area contributed by atoms with Gasteiger partial charge in [-0.1, -0.05) is 18.2 Å². The van der Waals surface area contributed by atoms with Crippen molar-refractivity contribution in [3.8, 4) is 0 Å². The van der Waals surface area contributed by atoms with E-state index >= 15 is 0 Å². The maximum atomic E-state index is 13.7. The molecule has 1 aromatic carbocycles. The van der Waals surface area contributed by atoms with Gasteiger partial charge < -0.3 is 10.2 Å². The number of hydrogen-bond donors (Lipinski definition) is 1. The number of piperidine rings is 1. The highest BCUT2D eigenvalue weighted by atomic mass is 19.1. The van der Waals surface area contributed by atoms with E-state index in [2.05, 4.69) is 10.3 Å². The Labute approximate surface area is 152 Å². The van der Waals surface area contributed by atoms with Crippen LogP contribution in [0.5, 0.6) is 0 Å². The fourth-order valence-electron chi connectivity index (χ4n) is 3.19. The van der Waals surface area contributed by atoms with Gasteiger partial charge in [0.05, 0.1) is 5.56 Å². The molecule has 0 radical (unpaired) electrons. The van der Waals surface area contributed by atoms with Gasteiger partial charge in [0, 0.05) is 44.4 Å². The normalized spacial score (nSPS) is 14.9. The lowest BCUT2D eigenvalue weighted by molar-refractivity contribution is -0.119. The summed E-state index contributed by atoms with van der Waals surface area (Å²) >= 11 is 0. The van der Waals surface area contributed by atoms with Crippen molar-refractivity contribution in [3.63, 3.8) is 0 Å². The van der Waals surface area contributed by atoms with Crippen LogP contribution in [0, 0.1) is 5.82 Å². The summed E-state index contributed by atoms with van der Waals surface area (Å²) in [4.78, 5) is 29.8. The van der Waals surface area contributed by atoms with Crippen LogP contribution in [0.15, 0.2) is 42.6 Å². The Morgan fingerprint density at radius 3 is 2.54 bits per heavy atom. The highest BCUT2D eigenvalue weighted by molar-refractivity contribution is 5.94. The molecule has 5 nitrogen and oxygen atoms in total. The van der Waals surface area contributed by atoms with Crippen LogP contribution >= 0.6 is 0 Å². The summed E-state index contributed by atoms with van der Waals surface area (Å²) in [5.41, 5.74) is 1.83. The molecule has 1 aromatic heterocycles. The predicted molar refractivity (Wildman–Crippen MR) is 96.2 cm³/mol. The zero-order valence-electron chi connectivity index (χ0n) is 14.7. The van der Waals surface area contributed by atoms with Crippen molar-refractivity contribution in [1.82, 2.24) is 15.2 Å². The van der Waals surface area contributed by atoms with Gasteiger partial charge in [0.2, 0.25) is 5.91 Å². The zero-order chi connectivity index (χ0) is 18.5. The van der Waals surface area contributed by atoms with Gasteiger partial charge in [0.1, 0.15) is 5.82 Å². The standard InChI is InChI=1S/C20H22FN3O2/c1-14(25)23-17-8-10-24(11-9-17)20(26)16-6-7-18(22-13-16)12-15-4-2-3-5-19(15)21/h2-7,13,17H,8-12H2,1H3,(H,23,25). The first-order valence-electron chi connectivity index (χ1n) is 8.77. The summed E-state index contributed by atoms with van der Waals surface area (Å²) in [6, 6.07) is 10.3. The molecule has 6 heteroatoms. The molecule has 0 spiro atoms. The van der Waals surface area contributed by atoms with Crippen LogP contribution in [0.4, 0.5) is 4.39 Å². The second-order valence-corrected chi connectivity index (χ2v) is 6.57. The fraction of sp³-hybridized carbons (Fsp3) is 0.350. The number of amides is 2. The first-order valence-corrected chi connectivity index (χ1v) is 8.77. The van der Waals surface area contributed by atoms with Crippen molar-refractivity contribution in [2.75, 3.05) is 13.1 Å². The first kappa shape index (κ1) is 18.0. The van der Waals surface area contributed by atoms with E-state index in [1.54, 1.807) is 41.4 Å². The fourth-order valence-corrected chi connectivity index (χ4v) is 3.19. The largest absolute Gasteiger partial charge is 0.353 e. The highest BCUT2D eigenvalue weighted by Crippen LogP contribution is 2.15. The van der Waals surface area contributed by atoms with E-state index < -0.39 is 0 Å². The van der Waals surface area contributed by atoms with Gasteiger partial charge in [-0.2, -0.15) is 0 Å². The molecule has 2 aromatic rings. The lowest BCUT2D eigenvalue weighted by Crippen LogP contribution is -2.46. The van der Waals surface area contributed by atoms with Gasteiger partial charge in [0.15, 0.2) is 0 Å². The van der Waals surface area contributed by atoms with Crippen molar-refractivity contribution in [1.29, 1.82) is 0 Å². The van der Waals surface area contributed by atoms with E-state index in [-0.39, 0.29) is 23.7 Å². The summed E-state index contributed by atoms with van der Waals surface area (Å²) in [5.74, 6) is -0.350. The van der Waals surface area contributed by atoms with Crippen LogP contribution in [0.2, 0.25) is 0 Å². The van der Waals surface area contributed by atoms with E-state index in [4.69, 9.17) is 0 Å². The lowest BCUT2D eigenvalue weighted by atomic mass is 10.0. The minimum absolute atomic E-state index is 0.0376. The highest BCUT2D eigenvalue weighted by Gasteiger charge is 2.24. The third-order valence-electron chi connectivity index (χ3n) is 4.59. The number of aromatic nitrogens is 1. The topological polar surface area (TPSA) is 62.3 Å². The van der Waals surface area contributed by atoms with Crippen LogP contribution in [0.25, 0.3) is 0 Å². The van der Waals surface area contributed by atoms with Gasteiger partial charge in [0.25, 0.3) is 5.91 Å². The molecule has 1 aliphatic rings. The number of benzene rings is 1. The molecule has 0 atom stereocenters. The number of likely N-dealkylation sites (tertiary alicyclic amines) is 1. The molecule has 1 fully saturated rings. The van der Waals surface area contributed by atoms with Gasteiger partial charge in [-0.3, -0.25) is 14.6 Å². The quantitative estimate of drug-likeness (QED) is 0.917. The molecule has 1 aliphatic heterocycles. The van der Waals surface area contributed by atoms with Gasteiger partial charge >= 0.3 is 0 Å². The average molecular weight is 355 g/mol. The van der Waals surface area contributed by atoms with E-state index in [0.717, 1.165) is 18.5 Å². The third-order valence-corrected chi connectivity index (χ3v) is 4.59. The molecule has 0 unspecified atom stereocenters. The van der Waals surface area contributed by atoms with Crippen LogP contribution in [-0.2, 0) is 11.2 Å². The average Bonchev–Trinajstić information content (AvgIpc) is 2.64. The van der Waals surface area contributed by atoms with E-state index in [1.807, 2.05) is 0 Å². The third kappa shape index (κ3) is 4.45. The SMILES string of the molecule is CC(=O)NC1CCN(C(=O)c2ccc(Cc3ccccc3F)nc2)CC1. The Morgan fingerprint density at radius 2 is 1.92 bits per heavy atom. The molecule has 2 heterocycles. The minimum atomic E-state index is -0.253. The van der Waals surface area contributed by atoms with E-state index in [9.17, 15) is 14.0 Å². The summed E-state index contributed by atoms with van der Waals surface area (Å²) in [7, 11) is 0. The monoisotopic (exact) mass is 355 g/mol. The first-order chi connectivity index (χ1) is 12.5. The van der Waals surface area contributed by atoms with Crippen molar-refractivity contribution >= 4 is 11.8 Å². The van der Waals surface area contributed by atoms with Gasteiger partial charge in [-0.15, -0.1) is 0 Å². The predicted octanol–water partition coefficient (Wildman–Crippen LogP) is 2.55. The number of halogens is 1. The van der Waals surface area contributed by atoms with Crippen molar-refractivity contribution in [2.24, 2.45) is 0 Å². The van der Waals surface area contributed by atoms with E-state index in [0.29, 0.717) is 30.6 Å². The molecule has 1 N–H and O–H groups in total. The molecule has 1 saturated heterocycles. The Bertz CT molecular complexity index is 784. The van der Waals surface area contributed by atoms with Crippen LogP contribution in [0.1, 0.15) is 41.4 Å². The van der Waals surface area contributed by atoms with Crippen molar-refractivity contribution < 1.29 is 14.0 Å². The number of rotatable bonds is 4. The van der Waals surface area contributed by atoms with E-state index in [1.165, 1.54) is 13.0 Å². The maximum absolute atomic E-state index is 13.7. The number of hydrogen-bond acceptors (Lipinski definition) is 3. The molecule has 0 saturated carbocycles. The van der Waals surface area contributed by atoms with Gasteiger partial charge in [-0.25, -0.2) is 4.39 Å². The molecular formula is C20H22FN3O2. The Hall–Kier alpha value is -2.76. The zero-order valence-corrected chi connectivity index (χ0v) is 14.7. The number of nitrogens with zero attached hydrogens (tertiary/aromatic N) is 2. The molecule has 2 amide bonds. The van der Waals surface area contributed by atoms with Crippen molar-refractivity contribution in [3.05, 3.63) is 65.2 Å². The molecular weight excluding hydrogens is 333 g/mol. The molecule has 136 valence electrons. The van der Waals surface area contributed by atoms with Gasteiger partial charge in [-0.05, 0) is 36.6 Å². The Kier molecular flexibility index (Phi) is 5.61. The summed E-state index contributed by atoms with van der Waals surface area (Å²) in [6.07, 6.45) is 3.45. The molecule has 26 heavy (non-hydrogen) atoms. The second-order valence-electron chi connectivity index (χ2n) is 6.57. The number of carbonyl (C=O) groups excluding carboxylic acids is 2. The minimum Gasteiger partial charge on any atom is -0.353 e. The van der Waals surface area contributed by atoms with Crippen LogP contribution in [-0.4, -0.2) is 40.8 Å². The molecule has 0 aliphatic carbocycles. The summed E-state index contributed by atoms with van der Waals surface area (Å²) in [5, 5.41) is 2.90. The van der Waals surface area contributed by atoms with Crippen molar-refractivity contribution in [2.45, 2.75) is 32.2 Å². The summed E-state index contributed by atoms with van der Waals surface area (Å²) < 4.78 is 13.7.